The zero-order valence-corrected chi connectivity index (χ0v) is 14.4. The van der Waals surface area contributed by atoms with E-state index >= 15 is 0 Å². The van der Waals surface area contributed by atoms with Crippen LogP contribution in [0.25, 0.3) is 0 Å². The minimum Gasteiger partial charge on any atom is -0.339 e. The van der Waals surface area contributed by atoms with E-state index in [1.54, 1.807) is 30.4 Å². The van der Waals surface area contributed by atoms with Crippen LogP contribution >= 0.6 is 0 Å². The van der Waals surface area contributed by atoms with Crippen LogP contribution in [0.4, 0.5) is 0 Å². The van der Waals surface area contributed by atoms with Crippen LogP contribution < -0.4 is 5.73 Å². The van der Waals surface area contributed by atoms with Crippen molar-refractivity contribution in [1.29, 1.82) is 0 Å². The molecule has 0 bridgehead atoms. The Morgan fingerprint density at radius 2 is 1.79 bits per heavy atom. The van der Waals surface area contributed by atoms with Crippen molar-refractivity contribution in [2.45, 2.75) is 12.8 Å². The molecule has 1 aliphatic heterocycles. The minimum atomic E-state index is 0.0355. The first-order valence-electron chi connectivity index (χ1n) is 8.26. The van der Waals surface area contributed by atoms with Crippen molar-refractivity contribution in [3.05, 3.63) is 85.6 Å². The Hall–Kier alpha value is -2.39. The monoisotopic (exact) mass is 324 g/mol. The first-order chi connectivity index (χ1) is 11.6. The fourth-order valence-electron chi connectivity index (χ4n) is 2.63. The predicted molar refractivity (Wildman–Crippen MR) is 103 cm³/mol. The quantitative estimate of drug-likeness (QED) is 0.546. The summed E-state index contributed by atoms with van der Waals surface area (Å²) in [5, 5.41) is 0. The van der Waals surface area contributed by atoms with Crippen LogP contribution in [0, 0.1) is 5.92 Å². The van der Waals surface area contributed by atoms with Gasteiger partial charge in [0.25, 0.3) is 0 Å². The molecule has 1 aliphatic rings. The van der Waals surface area contributed by atoms with Gasteiger partial charge in [-0.05, 0) is 29.9 Å². The fraction of sp³-hybridized carbons (Fsp3) is 0.286. The molecule has 3 nitrogen and oxygen atoms in total. The maximum Gasteiger partial charge on any atom is 0.246 e. The van der Waals surface area contributed by atoms with Crippen molar-refractivity contribution in [2.75, 3.05) is 19.6 Å². The second-order valence-electron chi connectivity index (χ2n) is 5.64. The van der Waals surface area contributed by atoms with Crippen molar-refractivity contribution in [3.8, 4) is 0 Å². The van der Waals surface area contributed by atoms with E-state index < -0.39 is 0 Å². The van der Waals surface area contributed by atoms with E-state index in [2.05, 4.69) is 25.8 Å². The molecule has 1 saturated heterocycles. The molecule has 3 heteroatoms. The van der Waals surface area contributed by atoms with E-state index in [9.17, 15) is 4.79 Å². The molecule has 0 unspecified atom stereocenters. The van der Waals surface area contributed by atoms with E-state index in [4.69, 9.17) is 5.73 Å². The Morgan fingerprint density at radius 1 is 1.08 bits per heavy atom. The van der Waals surface area contributed by atoms with Gasteiger partial charge < -0.3 is 10.6 Å². The third-order valence-corrected chi connectivity index (χ3v) is 3.92. The van der Waals surface area contributed by atoms with Gasteiger partial charge in [-0.25, -0.2) is 0 Å². The second-order valence-corrected chi connectivity index (χ2v) is 5.64. The predicted octanol–water partition coefficient (Wildman–Crippen LogP) is 3.71. The molecule has 0 atom stereocenters. The van der Waals surface area contributed by atoms with Crippen LogP contribution in [-0.2, 0) is 4.79 Å². The highest BCUT2D eigenvalue weighted by Crippen LogP contribution is 2.26. The Balaban J connectivity index is 2.58. The Bertz CT molecular complexity index is 571. The first-order valence-corrected chi connectivity index (χ1v) is 8.26. The van der Waals surface area contributed by atoms with Gasteiger partial charge in [-0.15, -0.1) is 0 Å². The number of carbonyl (C=O) groups excluding carboxylic acids is 1. The molecule has 1 rings (SSSR count). The highest BCUT2D eigenvalue weighted by molar-refractivity contribution is 5.88. The molecule has 2 N–H and O–H groups in total. The third kappa shape index (κ3) is 6.80. The SMILES string of the molecule is C=C/C=C\C(=C)/C=C/C(=O)N1CCC(C(=C/C=C)/C=C/CN)CC1. The molecule has 128 valence electrons. The number of nitrogens with two attached hydrogens (primary N) is 1. The summed E-state index contributed by atoms with van der Waals surface area (Å²) in [5.41, 5.74) is 7.55. The molecule has 0 aromatic heterocycles. The third-order valence-electron chi connectivity index (χ3n) is 3.92. The molecule has 0 radical (unpaired) electrons. The number of piperidine rings is 1. The van der Waals surface area contributed by atoms with Gasteiger partial charge in [-0.3, -0.25) is 4.79 Å². The standard InChI is InChI=1S/C21H28N2O/c1-4-6-9-18(3)11-12-21(24)23-16-13-20(14-17-23)19(8-5-2)10-7-15-22/h4-12,20H,1-3,13-17,22H2/b9-6-,10-7+,12-11+,19-8+. The molecule has 0 spiro atoms. The highest BCUT2D eigenvalue weighted by Gasteiger charge is 2.22. The minimum absolute atomic E-state index is 0.0355. The van der Waals surface area contributed by atoms with Crippen molar-refractivity contribution < 1.29 is 4.79 Å². The average Bonchev–Trinajstić information content (AvgIpc) is 2.61. The fourth-order valence-corrected chi connectivity index (χ4v) is 2.63. The van der Waals surface area contributed by atoms with Gasteiger partial charge in [-0.2, -0.15) is 0 Å². The summed E-state index contributed by atoms with van der Waals surface area (Å²) < 4.78 is 0. The normalized spacial score (nSPS) is 17.0. The Morgan fingerprint density at radius 3 is 2.38 bits per heavy atom. The highest BCUT2D eigenvalue weighted by atomic mass is 16.2. The van der Waals surface area contributed by atoms with Crippen LogP contribution in [0.3, 0.4) is 0 Å². The lowest BCUT2D eigenvalue weighted by molar-refractivity contribution is -0.127. The molecule has 1 amide bonds. The van der Waals surface area contributed by atoms with Gasteiger partial charge in [0.15, 0.2) is 0 Å². The molecular formula is C21H28N2O. The lowest BCUT2D eigenvalue weighted by Crippen LogP contribution is -2.37. The molecule has 1 fully saturated rings. The summed E-state index contributed by atoms with van der Waals surface area (Å²) >= 11 is 0. The summed E-state index contributed by atoms with van der Waals surface area (Å²) in [6.07, 6.45) is 18.4. The zero-order chi connectivity index (χ0) is 17.8. The van der Waals surface area contributed by atoms with Crippen molar-refractivity contribution in [3.63, 3.8) is 0 Å². The van der Waals surface area contributed by atoms with Crippen LogP contribution in [0.1, 0.15) is 12.8 Å². The number of likely N-dealkylation sites (tertiary alicyclic amines) is 1. The van der Waals surface area contributed by atoms with E-state index in [0.29, 0.717) is 12.5 Å². The topological polar surface area (TPSA) is 46.3 Å². The van der Waals surface area contributed by atoms with Crippen LogP contribution in [0.15, 0.2) is 85.6 Å². The van der Waals surface area contributed by atoms with E-state index in [0.717, 1.165) is 31.5 Å². The van der Waals surface area contributed by atoms with Gasteiger partial charge in [0, 0.05) is 25.7 Å². The molecule has 0 aromatic rings. The maximum absolute atomic E-state index is 12.2. The summed E-state index contributed by atoms with van der Waals surface area (Å²) in [5.74, 6) is 0.484. The lowest BCUT2D eigenvalue weighted by atomic mass is 9.88. The smallest absolute Gasteiger partial charge is 0.246 e. The number of hydrogen-bond acceptors (Lipinski definition) is 2. The van der Waals surface area contributed by atoms with E-state index in [1.165, 1.54) is 5.57 Å². The number of nitrogens with zero attached hydrogens (tertiary/aromatic N) is 1. The van der Waals surface area contributed by atoms with Gasteiger partial charge in [0.1, 0.15) is 0 Å². The van der Waals surface area contributed by atoms with Crippen LogP contribution in [0.5, 0.6) is 0 Å². The lowest BCUT2D eigenvalue weighted by Gasteiger charge is -2.32. The number of carbonyl (C=O) groups is 1. The maximum atomic E-state index is 12.2. The molecule has 24 heavy (non-hydrogen) atoms. The van der Waals surface area contributed by atoms with Gasteiger partial charge in [-0.1, -0.05) is 68.3 Å². The zero-order valence-electron chi connectivity index (χ0n) is 14.4. The summed E-state index contributed by atoms with van der Waals surface area (Å²) in [7, 11) is 0. The largest absolute Gasteiger partial charge is 0.339 e. The first kappa shape index (κ1) is 19.7. The molecule has 0 aliphatic carbocycles. The second kappa shape index (κ2) is 11.2. The number of amides is 1. The van der Waals surface area contributed by atoms with Gasteiger partial charge in [0.2, 0.25) is 5.91 Å². The molecule has 1 heterocycles. The van der Waals surface area contributed by atoms with Crippen molar-refractivity contribution in [2.24, 2.45) is 11.7 Å². The van der Waals surface area contributed by atoms with E-state index in [-0.39, 0.29) is 5.91 Å². The number of hydrogen-bond donors (Lipinski definition) is 1. The van der Waals surface area contributed by atoms with Crippen LogP contribution in [0.2, 0.25) is 0 Å². The number of rotatable bonds is 8. The van der Waals surface area contributed by atoms with Crippen molar-refractivity contribution in [1.82, 2.24) is 4.90 Å². The summed E-state index contributed by atoms with van der Waals surface area (Å²) in [4.78, 5) is 14.1. The summed E-state index contributed by atoms with van der Waals surface area (Å²) in [6, 6.07) is 0. The van der Waals surface area contributed by atoms with Gasteiger partial charge >= 0.3 is 0 Å². The molecule has 0 saturated carbocycles. The van der Waals surface area contributed by atoms with Crippen molar-refractivity contribution >= 4 is 5.91 Å². The Labute approximate surface area is 145 Å². The van der Waals surface area contributed by atoms with Crippen LogP contribution in [-0.4, -0.2) is 30.4 Å². The van der Waals surface area contributed by atoms with Gasteiger partial charge in [0.05, 0.1) is 0 Å². The summed E-state index contributed by atoms with van der Waals surface area (Å²) in [6.45, 7) is 13.3. The number of allylic oxidation sites excluding steroid dienone is 9. The molecular weight excluding hydrogens is 296 g/mol. The molecule has 0 aromatic carbocycles. The van der Waals surface area contributed by atoms with E-state index in [1.807, 2.05) is 23.1 Å². The average molecular weight is 324 g/mol. The Kier molecular flexibility index (Phi) is 9.17.